The van der Waals surface area contributed by atoms with Crippen LogP contribution in [-0.4, -0.2) is 26.8 Å². The summed E-state index contributed by atoms with van der Waals surface area (Å²) in [5, 5.41) is 10.4. The largest absolute Gasteiger partial charge is 0.463 e. The molecule has 22 heavy (non-hydrogen) atoms. The summed E-state index contributed by atoms with van der Waals surface area (Å²) in [6.07, 6.45) is -0.664. The highest BCUT2D eigenvalue weighted by Crippen LogP contribution is 2.25. The molecule has 0 fully saturated rings. The topological polar surface area (TPSA) is 69.0 Å². The number of fused-ring (bicyclic) bond motifs is 1. The quantitative estimate of drug-likeness (QED) is 0.803. The number of para-hydroxylation sites is 1. The highest BCUT2D eigenvalue weighted by atomic mass is 32.1. The van der Waals surface area contributed by atoms with Gasteiger partial charge in [0.1, 0.15) is 0 Å². The van der Waals surface area contributed by atoms with E-state index in [1.54, 1.807) is 11.6 Å². The fraction of sp³-hybridized carbons (Fsp3) is 0.267. The number of carbonyl (C=O) groups is 1. The van der Waals surface area contributed by atoms with E-state index in [1.165, 1.54) is 11.3 Å². The van der Waals surface area contributed by atoms with Gasteiger partial charge in [0, 0.05) is 12.4 Å². The zero-order chi connectivity index (χ0) is 15.7. The molecule has 0 aliphatic rings. The first-order valence-electron chi connectivity index (χ1n) is 6.86. The van der Waals surface area contributed by atoms with Crippen molar-refractivity contribution in [3.8, 4) is 5.88 Å². The van der Waals surface area contributed by atoms with Crippen molar-refractivity contribution in [2.45, 2.75) is 20.0 Å². The van der Waals surface area contributed by atoms with Crippen molar-refractivity contribution >= 4 is 33.3 Å². The van der Waals surface area contributed by atoms with Crippen molar-refractivity contribution in [1.29, 1.82) is 0 Å². The van der Waals surface area contributed by atoms with Crippen molar-refractivity contribution < 1.29 is 9.53 Å². The number of amides is 1. The van der Waals surface area contributed by atoms with Gasteiger partial charge in [-0.1, -0.05) is 12.1 Å². The van der Waals surface area contributed by atoms with Crippen molar-refractivity contribution in [2.75, 3.05) is 5.32 Å². The summed E-state index contributed by atoms with van der Waals surface area (Å²) in [7, 11) is 1.85. The minimum absolute atomic E-state index is 0.246. The summed E-state index contributed by atoms with van der Waals surface area (Å²) < 4.78 is 7.46. The first-order chi connectivity index (χ1) is 10.5. The molecule has 1 N–H and O–H groups in total. The average molecular weight is 316 g/mol. The molecule has 1 atom stereocenters. The molecule has 1 amide bonds. The SMILES string of the molecule is Cc1csc(NC(=O)[C@@H](C)Oc2nn(C)c3ccccc23)n1. The Morgan fingerprint density at radius 3 is 2.91 bits per heavy atom. The van der Waals surface area contributed by atoms with Gasteiger partial charge in [-0.3, -0.25) is 14.8 Å². The number of anilines is 1. The van der Waals surface area contributed by atoms with Crippen LogP contribution in [0.15, 0.2) is 29.6 Å². The highest BCUT2D eigenvalue weighted by Gasteiger charge is 2.19. The predicted octanol–water partition coefficient (Wildman–Crippen LogP) is 2.74. The van der Waals surface area contributed by atoms with Gasteiger partial charge >= 0.3 is 0 Å². The summed E-state index contributed by atoms with van der Waals surface area (Å²) in [6.45, 7) is 3.57. The zero-order valence-electron chi connectivity index (χ0n) is 12.5. The molecule has 0 saturated heterocycles. The Morgan fingerprint density at radius 1 is 1.41 bits per heavy atom. The van der Waals surface area contributed by atoms with Crippen LogP contribution >= 0.6 is 11.3 Å². The highest BCUT2D eigenvalue weighted by molar-refractivity contribution is 7.13. The molecule has 0 spiro atoms. The Morgan fingerprint density at radius 2 is 2.18 bits per heavy atom. The summed E-state index contributed by atoms with van der Waals surface area (Å²) in [5.74, 6) is 0.208. The van der Waals surface area contributed by atoms with E-state index >= 15 is 0 Å². The van der Waals surface area contributed by atoms with Crippen LogP contribution in [0.4, 0.5) is 5.13 Å². The second-order valence-electron chi connectivity index (χ2n) is 4.99. The maximum Gasteiger partial charge on any atom is 0.266 e. The summed E-state index contributed by atoms with van der Waals surface area (Å²) in [5.41, 5.74) is 1.84. The Labute approximate surface area is 131 Å². The lowest BCUT2D eigenvalue weighted by Gasteiger charge is -2.11. The van der Waals surface area contributed by atoms with Gasteiger partial charge in [-0.25, -0.2) is 4.98 Å². The van der Waals surface area contributed by atoms with Gasteiger partial charge < -0.3 is 4.74 Å². The Bertz CT molecular complexity index is 824. The fourth-order valence-electron chi connectivity index (χ4n) is 2.11. The molecule has 3 rings (SSSR count). The molecule has 7 heteroatoms. The lowest BCUT2D eigenvalue weighted by atomic mass is 10.2. The number of carbonyl (C=O) groups excluding carboxylic acids is 1. The predicted molar refractivity (Wildman–Crippen MR) is 86.3 cm³/mol. The van der Waals surface area contributed by atoms with Gasteiger partial charge in [0.25, 0.3) is 5.91 Å². The number of aryl methyl sites for hydroxylation is 2. The van der Waals surface area contributed by atoms with E-state index in [-0.39, 0.29) is 5.91 Å². The van der Waals surface area contributed by atoms with E-state index in [4.69, 9.17) is 4.74 Å². The van der Waals surface area contributed by atoms with Crippen LogP contribution in [0, 0.1) is 6.92 Å². The molecule has 0 aliphatic heterocycles. The second kappa shape index (κ2) is 5.76. The van der Waals surface area contributed by atoms with Crippen LogP contribution in [0.1, 0.15) is 12.6 Å². The molecule has 0 bridgehead atoms. The van der Waals surface area contributed by atoms with E-state index in [0.29, 0.717) is 11.0 Å². The number of benzene rings is 1. The number of nitrogens with zero attached hydrogens (tertiary/aromatic N) is 3. The first-order valence-corrected chi connectivity index (χ1v) is 7.74. The van der Waals surface area contributed by atoms with E-state index in [1.807, 2.05) is 43.6 Å². The molecule has 0 saturated carbocycles. The van der Waals surface area contributed by atoms with Crippen molar-refractivity contribution in [3.63, 3.8) is 0 Å². The second-order valence-corrected chi connectivity index (χ2v) is 5.85. The van der Waals surface area contributed by atoms with Crippen molar-refractivity contribution in [2.24, 2.45) is 7.05 Å². The lowest BCUT2D eigenvalue weighted by molar-refractivity contribution is -0.122. The van der Waals surface area contributed by atoms with E-state index in [2.05, 4.69) is 15.4 Å². The zero-order valence-corrected chi connectivity index (χ0v) is 13.3. The third kappa shape index (κ3) is 2.80. The Kier molecular flexibility index (Phi) is 3.81. The van der Waals surface area contributed by atoms with Gasteiger partial charge in [0.05, 0.1) is 16.6 Å². The standard InChI is InChI=1S/C15H16N4O2S/c1-9-8-22-15(16-9)17-13(20)10(2)21-14-11-6-4-5-7-12(11)19(3)18-14/h4-8,10H,1-3H3,(H,16,17,20)/t10-/m1/s1. The summed E-state index contributed by atoms with van der Waals surface area (Å²) >= 11 is 1.39. The normalized spacial score (nSPS) is 12.3. The van der Waals surface area contributed by atoms with Crippen LogP contribution in [-0.2, 0) is 11.8 Å². The molecule has 2 aromatic heterocycles. The number of hydrogen-bond donors (Lipinski definition) is 1. The third-order valence-corrected chi connectivity index (χ3v) is 4.11. The van der Waals surface area contributed by atoms with E-state index < -0.39 is 6.10 Å². The van der Waals surface area contributed by atoms with Crippen LogP contribution in [0.25, 0.3) is 10.9 Å². The maximum absolute atomic E-state index is 12.2. The molecule has 2 heterocycles. The van der Waals surface area contributed by atoms with Crippen LogP contribution in [0.2, 0.25) is 0 Å². The number of aromatic nitrogens is 3. The molecule has 3 aromatic rings. The number of rotatable bonds is 4. The van der Waals surface area contributed by atoms with Gasteiger partial charge in [-0.15, -0.1) is 16.4 Å². The van der Waals surface area contributed by atoms with Gasteiger partial charge in [0.15, 0.2) is 11.2 Å². The van der Waals surface area contributed by atoms with Gasteiger partial charge in [-0.05, 0) is 26.0 Å². The van der Waals surface area contributed by atoms with Crippen LogP contribution in [0.3, 0.4) is 0 Å². The first kappa shape index (κ1) is 14.5. The number of nitrogens with one attached hydrogen (secondary N) is 1. The van der Waals surface area contributed by atoms with Gasteiger partial charge in [-0.2, -0.15) is 0 Å². The van der Waals surface area contributed by atoms with E-state index in [0.717, 1.165) is 16.6 Å². The molecular formula is C15H16N4O2S. The molecular weight excluding hydrogens is 300 g/mol. The monoisotopic (exact) mass is 316 g/mol. The van der Waals surface area contributed by atoms with Crippen molar-refractivity contribution in [1.82, 2.24) is 14.8 Å². The summed E-state index contributed by atoms with van der Waals surface area (Å²) in [4.78, 5) is 16.4. The third-order valence-electron chi connectivity index (χ3n) is 3.23. The Balaban J connectivity index is 1.75. The fourth-order valence-corrected chi connectivity index (χ4v) is 2.80. The average Bonchev–Trinajstić information content (AvgIpc) is 3.04. The molecule has 1 aromatic carbocycles. The van der Waals surface area contributed by atoms with Gasteiger partial charge in [0.2, 0.25) is 5.88 Å². The van der Waals surface area contributed by atoms with Crippen LogP contribution in [0.5, 0.6) is 5.88 Å². The van der Waals surface area contributed by atoms with E-state index in [9.17, 15) is 4.79 Å². The maximum atomic E-state index is 12.2. The number of thiazole rings is 1. The number of hydrogen-bond acceptors (Lipinski definition) is 5. The molecule has 6 nitrogen and oxygen atoms in total. The minimum Gasteiger partial charge on any atom is -0.463 e. The smallest absolute Gasteiger partial charge is 0.266 e. The molecule has 0 unspecified atom stereocenters. The number of ether oxygens (including phenoxy) is 1. The molecule has 114 valence electrons. The van der Waals surface area contributed by atoms with Crippen molar-refractivity contribution in [3.05, 3.63) is 35.3 Å². The molecule has 0 radical (unpaired) electrons. The summed E-state index contributed by atoms with van der Waals surface area (Å²) in [6, 6.07) is 7.74. The lowest BCUT2D eigenvalue weighted by Crippen LogP contribution is -2.30. The molecule has 0 aliphatic carbocycles. The van der Waals surface area contributed by atoms with Crippen LogP contribution < -0.4 is 10.1 Å². The minimum atomic E-state index is -0.664. The Hall–Kier alpha value is -2.41.